The SMILES string of the molecule is O=C1NCCN1.[Ir]. The quantitative estimate of drug-likeness (QED) is 0.604. The Hall–Kier alpha value is -0.0806. The summed E-state index contributed by atoms with van der Waals surface area (Å²) in [7, 11) is 0. The van der Waals surface area contributed by atoms with Gasteiger partial charge >= 0.3 is 6.03 Å². The first-order valence-corrected chi connectivity index (χ1v) is 1.91. The van der Waals surface area contributed by atoms with Crippen LogP contribution in [-0.2, 0) is 20.1 Å². The molecule has 0 aliphatic carbocycles. The number of rotatable bonds is 0. The molecule has 1 radical (unpaired) electrons. The summed E-state index contributed by atoms with van der Waals surface area (Å²) >= 11 is 0. The van der Waals surface area contributed by atoms with Crippen molar-refractivity contribution in [1.82, 2.24) is 10.6 Å². The van der Waals surface area contributed by atoms with Crippen molar-refractivity contribution in [3.63, 3.8) is 0 Å². The van der Waals surface area contributed by atoms with Crippen LogP contribution in [0.5, 0.6) is 0 Å². The average Bonchev–Trinajstić information content (AvgIpc) is 1.86. The van der Waals surface area contributed by atoms with Gasteiger partial charge in [0.15, 0.2) is 0 Å². The molecule has 0 atom stereocenters. The van der Waals surface area contributed by atoms with Gasteiger partial charge in [0.05, 0.1) is 0 Å². The van der Waals surface area contributed by atoms with E-state index in [0.29, 0.717) is 0 Å². The molecule has 1 heterocycles. The van der Waals surface area contributed by atoms with Crippen LogP contribution in [0.25, 0.3) is 0 Å². The molecule has 0 aromatic heterocycles. The molecule has 3 nitrogen and oxygen atoms in total. The first-order valence-electron chi connectivity index (χ1n) is 1.91. The molecule has 0 saturated carbocycles. The van der Waals surface area contributed by atoms with E-state index in [1.807, 2.05) is 0 Å². The minimum absolute atomic E-state index is 0. The predicted molar refractivity (Wildman–Crippen MR) is 21.4 cm³/mol. The largest absolute Gasteiger partial charge is 0.336 e. The molecule has 1 saturated heterocycles. The van der Waals surface area contributed by atoms with Gasteiger partial charge in [-0.05, 0) is 0 Å². The molecule has 2 amide bonds. The van der Waals surface area contributed by atoms with Gasteiger partial charge in [-0.1, -0.05) is 0 Å². The van der Waals surface area contributed by atoms with Crippen LogP contribution < -0.4 is 10.6 Å². The van der Waals surface area contributed by atoms with Gasteiger partial charge in [-0.15, -0.1) is 0 Å². The molecule has 0 unspecified atom stereocenters. The molecule has 0 aromatic carbocycles. The van der Waals surface area contributed by atoms with Gasteiger partial charge in [-0.2, -0.15) is 0 Å². The number of amides is 2. The van der Waals surface area contributed by atoms with Gasteiger partial charge in [-0.25, -0.2) is 4.79 Å². The molecule has 0 aromatic rings. The average molecular weight is 278 g/mol. The first-order chi connectivity index (χ1) is 2.89. The maximum absolute atomic E-state index is 10.0. The van der Waals surface area contributed by atoms with Gasteiger partial charge in [-0.3, -0.25) is 0 Å². The zero-order valence-electron chi connectivity index (χ0n) is 3.66. The second kappa shape index (κ2) is 2.99. The number of hydrogen-bond acceptors (Lipinski definition) is 1. The molecule has 4 heteroatoms. The van der Waals surface area contributed by atoms with Crippen LogP contribution in [0.2, 0.25) is 0 Å². The van der Waals surface area contributed by atoms with Crippen molar-refractivity contribution in [2.24, 2.45) is 0 Å². The zero-order chi connectivity index (χ0) is 4.41. The molecule has 0 bridgehead atoms. The minimum Gasteiger partial charge on any atom is -0.336 e. The molecular weight excluding hydrogens is 272 g/mol. The first kappa shape index (κ1) is 6.92. The number of carbonyl (C=O) groups is 1. The molecule has 43 valence electrons. The molecule has 7 heavy (non-hydrogen) atoms. The summed E-state index contributed by atoms with van der Waals surface area (Å²) in [5.74, 6) is 0. The van der Waals surface area contributed by atoms with E-state index in [0.717, 1.165) is 13.1 Å². The van der Waals surface area contributed by atoms with Gasteiger partial charge in [0.25, 0.3) is 0 Å². The van der Waals surface area contributed by atoms with Crippen LogP contribution in [-0.4, -0.2) is 19.1 Å². The van der Waals surface area contributed by atoms with Crippen molar-refractivity contribution in [2.75, 3.05) is 13.1 Å². The van der Waals surface area contributed by atoms with E-state index >= 15 is 0 Å². The van der Waals surface area contributed by atoms with Gasteiger partial charge in [0.2, 0.25) is 0 Å². The number of nitrogens with one attached hydrogen (secondary N) is 2. The van der Waals surface area contributed by atoms with E-state index in [4.69, 9.17) is 0 Å². The molecule has 1 rings (SSSR count). The Morgan fingerprint density at radius 1 is 1.29 bits per heavy atom. The standard InChI is InChI=1S/C3H6N2O.Ir/c6-3-4-1-2-5-3;/h1-2H2,(H2,4,5,6);. The van der Waals surface area contributed by atoms with Crippen molar-refractivity contribution in [1.29, 1.82) is 0 Å². The normalized spacial score (nSPS) is 16.9. The van der Waals surface area contributed by atoms with Crippen LogP contribution >= 0.6 is 0 Å². The van der Waals surface area contributed by atoms with Gasteiger partial charge in [0, 0.05) is 33.2 Å². The summed E-state index contributed by atoms with van der Waals surface area (Å²) in [5.41, 5.74) is 0. The maximum Gasteiger partial charge on any atom is 0.314 e. The van der Waals surface area contributed by atoms with Crippen molar-refractivity contribution < 1.29 is 24.9 Å². The van der Waals surface area contributed by atoms with E-state index in [-0.39, 0.29) is 26.1 Å². The number of hydrogen-bond donors (Lipinski definition) is 2. The van der Waals surface area contributed by atoms with Crippen molar-refractivity contribution >= 4 is 6.03 Å². The Bertz CT molecular complexity index is 67.3. The Labute approximate surface area is 55.2 Å². The topological polar surface area (TPSA) is 41.1 Å². The summed E-state index contributed by atoms with van der Waals surface area (Å²) in [6, 6.07) is -0.0463. The molecular formula is C3H6IrN2O. The summed E-state index contributed by atoms with van der Waals surface area (Å²) in [4.78, 5) is 10.0. The van der Waals surface area contributed by atoms with Crippen LogP contribution in [0, 0.1) is 0 Å². The third-order valence-electron chi connectivity index (χ3n) is 0.696. The number of urea groups is 1. The summed E-state index contributed by atoms with van der Waals surface area (Å²) in [6.45, 7) is 1.55. The zero-order valence-corrected chi connectivity index (χ0v) is 6.05. The third-order valence-corrected chi connectivity index (χ3v) is 0.696. The van der Waals surface area contributed by atoms with Crippen molar-refractivity contribution in [2.45, 2.75) is 0 Å². The third kappa shape index (κ3) is 1.90. The van der Waals surface area contributed by atoms with Gasteiger partial charge in [0.1, 0.15) is 0 Å². The van der Waals surface area contributed by atoms with Crippen molar-refractivity contribution in [3.8, 4) is 0 Å². The second-order valence-corrected chi connectivity index (χ2v) is 1.18. The number of carbonyl (C=O) groups excluding carboxylic acids is 1. The Kier molecular flexibility index (Phi) is 2.96. The monoisotopic (exact) mass is 279 g/mol. The molecule has 0 spiro atoms. The fraction of sp³-hybridized carbons (Fsp3) is 0.667. The smallest absolute Gasteiger partial charge is 0.314 e. The fourth-order valence-corrected chi connectivity index (χ4v) is 0.415. The van der Waals surface area contributed by atoms with Crippen LogP contribution in [0.1, 0.15) is 0 Å². The molecule has 1 aliphatic rings. The molecule has 2 N–H and O–H groups in total. The van der Waals surface area contributed by atoms with Crippen LogP contribution in [0.4, 0.5) is 4.79 Å². The van der Waals surface area contributed by atoms with E-state index in [2.05, 4.69) is 10.6 Å². The van der Waals surface area contributed by atoms with Crippen LogP contribution in [0.15, 0.2) is 0 Å². The van der Waals surface area contributed by atoms with Crippen molar-refractivity contribution in [3.05, 3.63) is 0 Å². The Morgan fingerprint density at radius 2 is 1.71 bits per heavy atom. The Balaban J connectivity index is 0.000000360. The van der Waals surface area contributed by atoms with E-state index < -0.39 is 0 Å². The van der Waals surface area contributed by atoms with E-state index in [1.54, 1.807) is 0 Å². The second-order valence-electron chi connectivity index (χ2n) is 1.18. The summed E-state index contributed by atoms with van der Waals surface area (Å²) < 4.78 is 0. The molecule has 1 fully saturated rings. The fourth-order valence-electron chi connectivity index (χ4n) is 0.415. The summed E-state index contributed by atoms with van der Waals surface area (Å²) in [6.07, 6.45) is 0. The van der Waals surface area contributed by atoms with E-state index in [1.165, 1.54) is 0 Å². The minimum atomic E-state index is -0.0463. The molecule has 1 aliphatic heterocycles. The maximum atomic E-state index is 10.0. The summed E-state index contributed by atoms with van der Waals surface area (Å²) in [5, 5.41) is 5.14. The Morgan fingerprint density at radius 3 is 1.86 bits per heavy atom. The van der Waals surface area contributed by atoms with Crippen LogP contribution in [0.3, 0.4) is 0 Å². The predicted octanol–water partition coefficient (Wildman–Crippen LogP) is -0.703. The van der Waals surface area contributed by atoms with E-state index in [9.17, 15) is 4.79 Å². The van der Waals surface area contributed by atoms with Gasteiger partial charge < -0.3 is 10.6 Å².